The Hall–Kier alpha value is -2.72. The summed E-state index contributed by atoms with van der Waals surface area (Å²) in [6, 6.07) is 17.8. The third-order valence-corrected chi connectivity index (χ3v) is 4.90. The number of carbonyl (C=O) groups excluding carboxylic acids is 1. The van der Waals surface area contributed by atoms with Crippen molar-refractivity contribution in [2.45, 2.75) is 25.9 Å². The van der Waals surface area contributed by atoms with Gasteiger partial charge in [-0.25, -0.2) is 4.98 Å². The second-order valence-corrected chi connectivity index (χ2v) is 6.73. The van der Waals surface area contributed by atoms with E-state index in [9.17, 15) is 4.79 Å². The van der Waals surface area contributed by atoms with Gasteiger partial charge in [-0.05, 0) is 37.5 Å². The van der Waals surface area contributed by atoms with Gasteiger partial charge in [0.05, 0.1) is 22.9 Å². The minimum absolute atomic E-state index is 0.0751. The van der Waals surface area contributed by atoms with Crippen LogP contribution in [0.4, 0.5) is 0 Å². The van der Waals surface area contributed by atoms with E-state index < -0.39 is 0 Å². The SMILES string of the molecule is Cc1ccccc1-c1cc(C(=O)NC[C@H]2CCCO2)c2ccccc2n1. The highest BCUT2D eigenvalue weighted by atomic mass is 16.5. The largest absolute Gasteiger partial charge is 0.376 e. The minimum atomic E-state index is -0.0751. The predicted octanol–water partition coefficient (Wildman–Crippen LogP) is 4.12. The Balaban J connectivity index is 1.72. The van der Waals surface area contributed by atoms with Crippen LogP contribution in [0.1, 0.15) is 28.8 Å². The van der Waals surface area contributed by atoms with Gasteiger partial charge in [0.2, 0.25) is 0 Å². The number of aromatic nitrogens is 1. The first-order valence-corrected chi connectivity index (χ1v) is 9.08. The average molecular weight is 346 g/mol. The van der Waals surface area contributed by atoms with E-state index in [-0.39, 0.29) is 12.0 Å². The van der Waals surface area contributed by atoms with Crippen LogP contribution in [0.3, 0.4) is 0 Å². The zero-order valence-corrected chi connectivity index (χ0v) is 14.9. The van der Waals surface area contributed by atoms with Crippen molar-refractivity contribution in [3.63, 3.8) is 0 Å². The molecule has 132 valence electrons. The summed E-state index contributed by atoms with van der Waals surface area (Å²) >= 11 is 0. The Bertz CT molecular complexity index is 946. The number of fused-ring (bicyclic) bond motifs is 1. The molecule has 2 aromatic carbocycles. The van der Waals surface area contributed by atoms with E-state index in [1.54, 1.807) is 0 Å². The highest BCUT2D eigenvalue weighted by Gasteiger charge is 2.19. The Morgan fingerprint density at radius 1 is 1.19 bits per heavy atom. The van der Waals surface area contributed by atoms with Crippen LogP contribution in [-0.2, 0) is 4.74 Å². The Morgan fingerprint density at radius 3 is 2.81 bits per heavy atom. The van der Waals surface area contributed by atoms with Gasteiger partial charge < -0.3 is 10.1 Å². The van der Waals surface area contributed by atoms with Gasteiger partial charge in [-0.15, -0.1) is 0 Å². The summed E-state index contributed by atoms with van der Waals surface area (Å²) < 4.78 is 5.61. The summed E-state index contributed by atoms with van der Waals surface area (Å²) in [5, 5.41) is 3.90. The molecule has 1 aromatic heterocycles. The van der Waals surface area contributed by atoms with Gasteiger partial charge in [0.25, 0.3) is 5.91 Å². The van der Waals surface area contributed by atoms with Crippen molar-refractivity contribution in [3.8, 4) is 11.3 Å². The molecule has 0 bridgehead atoms. The fourth-order valence-corrected chi connectivity index (χ4v) is 3.47. The van der Waals surface area contributed by atoms with Crippen LogP contribution in [0.25, 0.3) is 22.2 Å². The molecule has 1 amide bonds. The standard InChI is InChI=1S/C22H22N2O2/c1-15-7-2-3-9-17(15)21-13-19(18-10-4-5-11-20(18)24-21)22(25)23-14-16-8-6-12-26-16/h2-5,7,9-11,13,16H,6,8,12,14H2,1H3,(H,23,25)/t16-/m1/s1. The lowest BCUT2D eigenvalue weighted by atomic mass is 10.0. The van der Waals surface area contributed by atoms with E-state index in [2.05, 4.69) is 18.3 Å². The molecule has 0 radical (unpaired) electrons. The van der Waals surface area contributed by atoms with Crippen LogP contribution in [0.5, 0.6) is 0 Å². The summed E-state index contributed by atoms with van der Waals surface area (Å²) in [6.07, 6.45) is 2.20. The van der Waals surface area contributed by atoms with E-state index in [1.807, 2.05) is 48.5 Å². The number of nitrogens with one attached hydrogen (secondary N) is 1. The zero-order chi connectivity index (χ0) is 17.9. The van der Waals surface area contributed by atoms with Crippen molar-refractivity contribution < 1.29 is 9.53 Å². The smallest absolute Gasteiger partial charge is 0.252 e. The maximum absolute atomic E-state index is 12.9. The lowest BCUT2D eigenvalue weighted by Crippen LogP contribution is -2.32. The average Bonchev–Trinajstić information content (AvgIpc) is 3.19. The second kappa shape index (κ2) is 7.26. The number of rotatable bonds is 4. The minimum Gasteiger partial charge on any atom is -0.376 e. The summed E-state index contributed by atoms with van der Waals surface area (Å²) in [7, 11) is 0. The molecule has 0 saturated carbocycles. The van der Waals surface area contributed by atoms with Crippen LogP contribution in [0, 0.1) is 6.92 Å². The van der Waals surface area contributed by atoms with Gasteiger partial charge in [0.1, 0.15) is 0 Å². The van der Waals surface area contributed by atoms with Gasteiger partial charge in [-0.1, -0.05) is 42.5 Å². The highest BCUT2D eigenvalue weighted by molar-refractivity contribution is 6.07. The Labute approximate surface area is 153 Å². The van der Waals surface area contributed by atoms with Gasteiger partial charge in [0, 0.05) is 24.1 Å². The van der Waals surface area contributed by atoms with E-state index >= 15 is 0 Å². The van der Waals surface area contributed by atoms with Crippen molar-refractivity contribution in [1.29, 1.82) is 0 Å². The summed E-state index contributed by atoms with van der Waals surface area (Å²) in [5.74, 6) is -0.0751. The molecule has 1 fully saturated rings. The van der Waals surface area contributed by atoms with Crippen molar-refractivity contribution in [3.05, 3.63) is 65.7 Å². The Morgan fingerprint density at radius 2 is 2.00 bits per heavy atom. The number of aryl methyl sites for hydroxylation is 1. The molecule has 1 N–H and O–H groups in total. The number of hydrogen-bond donors (Lipinski definition) is 1. The summed E-state index contributed by atoms with van der Waals surface area (Å²) in [6.45, 7) is 3.40. The first-order valence-electron chi connectivity index (χ1n) is 9.08. The summed E-state index contributed by atoms with van der Waals surface area (Å²) in [4.78, 5) is 17.7. The molecule has 0 aliphatic carbocycles. The third kappa shape index (κ3) is 3.33. The molecule has 3 aromatic rings. The first kappa shape index (κ1) is 16.7. The lowest BCUT2D eigenvalue weighted by Gasteiger charge is -2.14. The molecule has 1 aliphatic rings. The van der Waals surface area contributed by atoms with Crippen molar-refractivity contribution in [2.75, 3.05) is 13.2 Å². The second-order valence-electron chi connectivity index (χ2n) is 6.73. The maximum atomic E-state index is 12.9. The molecule has 1 atom stereocenters. The van der Waals surface area contributed by atoms with E-state index in [0.29, 0.717) is 12.1 Å². The molecular weight excluding hydrogens is 324 g/mol. The molecule has 1 saturated heterocycles. The third-order valence-electron chi connectivity index (χ3n) is 4.90. The van der Waals surface area contributed by atoms with Crippen LogP contribution in [0.15, 0.2) is 54.6 Å². The van der Waals surface area contributed by atoms with Crippen LogP contribution >= 0.6 is 0 Å². The van der Waals surface area contributed by atoms with Gasteiger partial charge in [-0.2, -0.15) is 0 Å². The van der Waals surface area contributed by atoms with E-state index in [1.165, 1.54) is 0 Å². The molecule has 2 heterocycles. The van der Waals surface area contributed by atoms with E-state index in [4.69, 9.17) is 9.72 Å². The maximum Gasteiger partial charge on any atom is 0.252 e. The molecule has 4 rings (SSSR count). The molecular formula is C22H22N2O2. The zero-order valence-electron chi connectivity index (χ0n) is 14.9. The van der Waals surface area contributed by atoms with Gasteiger partial charge in [-0.3, -0.25) is 4.79 Å². The molecule has 1 aliphatic heterocycles. The monoisotopic (exact) mass is 346 g/mol. The fraction of sp³-hybridized carbons (Fsp3) is 0.273. The van der Waals surface area contributed by atoms with Crippen LogP contribution < -0.4 is 5.32 Å². The number of hydrogen-bond acceptors (Lipinski definition) is 3. The van der Waals surface area contributed by atoms with Crippen molar-refractivity contribution >= 4 is 16.8 Å². The number of nitrogens with zero attached hydrogens (tertiary/aromatic N) is 1. The number of para-hydroxylation sites is 1. The number of pyridine rings is 1. The fourth-order valence-electron chi connectivity index (χ4n) is 3.47. The quantitative estimate of drug-likeness (QED) is 0.773. The van der Waals surface area contributed by atoms with Crippen molar-refractivity contribution in [2.24, 2.45) is 0 Å². The predicted molar refractivity (Wildman–Crippen MR) is 103 cm³/mol. The lowest BCUT2D eigenvalue weighted by molar-refractivity contribution is 0.0859. The normalized spacial score (nSPS) is 16.7. The summed E-state index contributed by atoms with van der Waals surface area (Å²) in [5.41, 5.74) is 4.50. The molecule has 0 unspecified atom stereocenters. The van der Waals surface area contributed by atoms with Crippen LogP contribution in [-0.4, -0.2) is 30.1 Å². The van der Waals surface area contributed by atoms with Crippen molar-refractivity contribution in [1.82, 2.24) is 10.3 Å². The Kier molecular flexibility index (Phi) is 4.67. The van der Waals surface area contributed by atoms with Gasteiger partial charge in [0.15, 0.2) is 0 Å². The van der Waals surface area contributed by atoms with E-state index in [0.717, 1.165) is 47.2 Å². The topological polar surface area (TPSA) is 51.2 Å². The molecule has 4 heteroatoms. The number of benzene rings is 2. The first-order chi connectivity index (χ1) is 12.7. The molecule has 0 spiro atoms. The number of amides is 1. The number of ether oxygens (including phenoxy) is 1. The number of carbonyl (C=O) groups is 1. The highest BCUT2D eigenvalue weighted by Crippen LogP contribution is 2.27. The molecule has 4 nitrogen and oxygen atoms in total. The van der Waals surface area contributed by atoms with Gasteiger partial charge >= 0.3 is 0 Å². The van der Waals surface area contributed by atoms with Crippen LogP contribution in [0.2, 0.25) is 0 Å². The molecule has 26 heavy (non-hydrogen) atoms.